The maximum atomic E-state index is 12.9. The van der Waals surface area contributed by atoms with Crippen molar-refractivity contribution in [2.24, 2.45) is 0 Å². The van der Waals surface area contributed by atoms with Crippen LogP contribution in [0.3, 0.4) is 0 Å². The minimum Gasteiger partial charge on any atom is -0.507 e. The number of carboxylic acids is 1. The topological polar surface area (TPSA) is 138 Å². The quantitative estimate of drug-likeness (QED) is 0.138. The summed E-state index contributed by atoms with van der Waals surface area (Å²) in [4.78, 5) is 48.1. The van der Waals surface area contributed by atoms with Gasteiger partial charge in [-0.2, -0.15) is 0 Å². The molecule has 0 aromatic heterocycles. The standard InChI is InChI=1S/C23H21ClN2O7/c24-16-9-5-14(6-10-16)20-19(21(29)15-7-11-17(12-8-15)26(32)33)22(30)23(31)25(20)13-3-1-2-4-18(27)28/h5-12,20,29H,1-4,13H2,(H,27,28)/b21-19+. The lowest BCUT2D eigenvalue weighted by Gasteiger charge is -2.25. The number of nitrogens with zero attached hydrogens (tertiary/aromatic N) is 2. The predicted molar refractivity (Wildman–Crippen MR) is 120 cm³/mol. The zero-order valence-corrected chi connectivity index (χ0v) is 18.2. The van der Waals surface area contributed by atoms with E-state index < -0.39 is 34.4 Å². The van der Waals surface area contributed by atoms with Gasteiger partial charge in [0.1, 0.15) is 5.76 Å². The van der Waals surface area contributed by atoms with Crippen LogP contribution in [0.25, 0.3) is 5.76 Å². The number of non-ortho nitro benzene ring substituents is 1. The molecule has 172 valence electrons. The zero-order valence-electron chi connectivity index (χ0n) is 17.4. The Bertz CT molecular complexity index is 1110. The van der Waals surface area contributed by atoms with Crippen molar-refractivity contribution in [2.45, 2.75) is 31.7 Å². The van der Waals surface area contributed by atoms with Crippen LogP contribution >= 0.6 is 11.6 Å². The van der Waals surface area contributed by atoms with E-state index in [1.165, 1.54) is 29.2 Å². The van der Waals surface area contributed by atoms with E-state index in [4.69, 9.17) is 16.7 Å². The molecule has 0 aliphatic carbocycles. The van der Waals surface area contributed by atoms with Crippen LogP contribution in [0.15, 0.2) is 54.1 Å². The van der Waals surface area contributed by atoms with Crippen molar-refractivity contribution in [1.29, 1.82) is 0 Å². The molecule has 1 saturated heterocycles. The Balaban J connectivity index is 1.97. The zero-order chi connectivity index (χ0) is 24.1. The lowest BCUT2D eigenvalue weighted by molar-refractivity contribution is -0.384. The van der Waals surface area contributed by atoms with Gasteiger partial charge in [0.05, 0.1) is 16.5 Å². The summed E-state index contributed by atoms with van der Waals surface area (Å²) >= 11 is 5.98. The number of nitro groups is 1. The number of carbonyl (C=O) groups is 3. The molecule has 0 radical (unpaired) electrons. The Hall–Kier alpha value is -3.72. The Kier molecular flexibility index (Phi) is 7.44. The van der Waals surface area contributed by atoms with Gasteiger partial charge in [0, 0.05) is 35.7 Å². The van der Waals surface area contributed by atoms with Crippen LogP contribution in [0.2, 0.25) is 5.02 Å². The third kappa shape index (κ3) is 5.38. The molecule has 1 aliphatic rings. The third-order valence-electron chi connectivity index (χ3n) is 5.37. The van der Waals surface area contributed by atoms with Crippen molar-refractivity contribution in [3.63, 3.8) is 0 Å². The highest BCUT2D eigenvalue weighted by Crippen LogP contribution is 2.40. The molecule has 1 amide bonds. The molecular formula is C23H21ClN2O7. The first-order valence-corrected chi connectivity index (χ1v) is 10.6. The summed E-state index contributed by atoms with van der Waals surface area (Å²) in [5.41, 5.74) is 0.427. The smallest absolute Gasteiger partial charge is 0.303 e. The molecular weight excluding hydrogens is 452 g/mol. The molecule has 9 nitrogen and oxygen atoms in total. The third-order valence-corrected chi connectivity index (χ3v) is 5.62. The number of rotatable bonds is 9. The van der Waals surface area contributed by atoms with Crippen LogP contribution in [0.1, 0.15) is 42.9 Å². The highest BCUT2D eigenvalue weighted by atomic mass is 35.5. The molecule has 1 aliphatic heterocycles. The van der Waals surface area contributed by atoms with Crippen molar-refractivity contribution >= 4 is 40.7 Å². The number of carbonyl (C=O) groups excluding carboxylic acids is 2. The molecule has 1 fully saturated rings. The van der Waals surface area contributed by atoms with Crippen molar-refractivity contribution in [3.8, 4) is 0 Å². The molecule has 33 heavy (non-hydrogen) atoms. The number of likely N-dealkylation sites (tertiary alicyclic amines) is 1. The lowest BCUT2D eigenvalue weighted by Crippen LogP contribution is -2.30. The normalized spacial score (nSPS) is 17.4. The Morgan fingerprint density at radius 1 is 1.00 bits per heavy atom. The van der Waals surface area contributed by atoms with Crippen LogP contribution in [0, 0.1) is 10.1 Å². The first-order chi connectivity index (χ1) is 15.7. The van der Waals surface area contributed by atoms with E-state index in [0.717, 1.165) is 0 Å². The van der Waals surface area contributed by atoms with Crippen LogP contribution < -0.4 is 0 Å². The molecule has 0 spiro atoms. The fourth-order valence-corrected chi connectivity index (χ4v) is 3.86. The highest BCUT2D eigenvalue weighted by Gasteiger charge is 2.45. The van der Waals surface area contributed by atoms with Gasteiger partial charge in [0.15, 0.2) is 0 Å². The number of aliphatic hydroxyl groups is 1. The maximum Gasteiger partial charge on any atom is 0.303 e. The Morgan fingerprint density at radius 3 is 2.21 bits per heavy atom. The van der Waals surface area contributed by atoms with Crippen molar-refractivity contribution in [3.05, 3.63) is 80.4 Å². The fraction of sp³-hybridized carbons (Fsp3) is 0.261. The number of aliphatic carboxylic acids is 1. The number of benzene rings is 2. The SMILES string of the molecule is O=C(O)CCCCCN1C(=O)C(=O)/C(=C(/O)c2ccc([N+](=O)[O-])cc2)C1c1ccc(Cl)cc1. The molecule has 2 aromatic carbocycles. The Labute approximate surface area is 194 Å². The van der Waals surface area contributed by atoms with E-state index in [9.17, 15) is 29.6 Å². The van der Waals surface area contributed by atoms with Gasteiger partial charge < -0.3 is 15.1 Å². The largest absolute Gasteiger partial charge is 0.507 e. The van der Waals surface area contributed by atoms with Crippen molar-refractivity contribution < 1.29 is 29.5 Å². The summed E-state index contributed by atoms with van der Waals surface area (Å²) in [7, 11) is 0. The summed E-state index contributed by atoms with van der Waals surface area (Å²) in [5.74, 6) is -2.98. The van der Waals surface area contributed by atoms with Gasteiger partial charge in [-0.05, 0) is 42.7 Å². The van der Waals surface area contributed by atoms with Crippen molar-refractivity contribution in [2.75, 3.05) is 6.54 Å². The van der Waals surface area contributed by atoms with Gasteiger partial charge in [0.2, 0.25) is 0 Å². The van der Waals surface area contributed by atoms with E-state index in [-0.39, 0.29) is 29.8 Å². The molecule has 1 unspecified atom stereocenters. The van der Waals surface area contributed by atoms with Crippen LogP contribution in [-0.2, 0) is 14.4 Å². The second kappa shape index (κ2) is 10.3. The molecule has 3 rings (SSSR count). The minimum absolute atomic E-state index is 0.0135. The van der Waals surface area contributed by atoms with Gasteiger partial charge >= 0.3 is 5.97 Å². The van der Waals surface area contributed by atoms with Crippen LogP contribution in [0.4, 0.5) is 5.69 Å². The average molecular weight is 473 g/mol. The number of carboxylic acid groups (broad SMARTS) is 1. The molecule has 2 N–H and O–H groups in total. The minimum atomic E-state index is -0.903. The molecule has 1 atom stereocenters. The van der Waals surface area contributed by atoms with Gasteiger partial charge in [-0.15, -0.1) is 0 Å². The first kappa shape index (κ1) is 23.9. The fourth-order valence-electron chi connectivity index (χ4n) is 3.73. The number of hydrogen-bond acceptors (Lipinski definition) is 6. The monoisotopic (exact) mass is 472 g/mol. The van der Waals surface area contributed by atoms with E-state index in [0.29, 0.717) is 29.8 Å². The molecule has 0 saturated carbocycles. The summed E-state index contributed by atoms with van der Waals surface area (Å²) in [5, 5.41) is 31.1. The summed E-state index contributed by atoms with van der Waals surface area (Å²) in [6.45, 7) is 0.189. The van der Waals surface area contributed by atoms with E-state index >= 15 is 0 Å². The van der Waals surface area contributed by atoms with Crippen LogP contribution in [0.5, 0.6) is 0 Å². The highest BCUT2D eigenvalue weighted by molar-refractivity contribution is 6.46. The molecule has 10 heteroatoms. The lowest BCUT2D eigenvalue weighted by atomic mass is 9.95. The number of unbranched alkanes of at least 4 members (excludes halogenated alkanes) is 2. The van der Waals surface area contributed by atoms with Gasteiger partial charge in [-0.25, -0.2) is 0 Å². The van der Waals surface area contributed by atoms with E-state index in [1.54, 1.807) is 24.3 Å². The number of ketones is 1. The number of aliphatic hydroxyl groups excluding tert-OH is 1. The van der Waals surface area contributed by atoms with Gasteiger partial charge in [0.25, 0.3) is 17.4 Å². The maximum absolute atomic E-state index is 12.9. The summed E-state index contributed by atoms with van der Waals surface area (Å²) < 4.78 is 0. The van der Waals surface area contributed by atoms with E-state index in [1.807, 2.05) is 0 Å². The Morgan fingerprint density at radius 2 is 1.64 bits per heavy atom. The van der Waals surface area contributed by atoms with Gasteiger partial charge in [-0.1, -0.05) is 30.2 Å². The average Bonchev–Trinajstić information content (AvgIpc) is 3.03. The number of amides is 1. The second-order valence-corrected chi connectivity index (χ2v) is 7.99. The number of Topliss-reactive ketones (excluding diaryl/α,β-unsaturated/α-hetero) is 1. The van der Waals surface area contributed by atoms with E-state index in [2.05, 4.69) is 0 Å². The molecule has 1 heterocycles. The second-order valence-electron chi connectivity index (χ2n) is 7.55. The summed E-state index contributed by atoms with van der Waals surface area (Å²) in [6.07, 6.45) is 1.47. The van der Waals surface area contributed by atoms with Gasteiger partial charge in [-0.3, -0.25) is 24.5 Å². The number of halogens is 1. The molecule has 2 aromatic rings. The van der Waals surface area contributed by atoms with Crippen LogP contribution in [-0.4, -0.2) is 44.2 Å². The molecule has 0 bridgehead atoms. The summed E-state index contributed by atoms with van der Waals surface area (Å²) in [6, 6.07) is 10.7. The predicted octanol–water partition coefficient (Wildman–Crippen LogP) is 4.31. The van der Waals surface area contributed by atoms with Crippen molar-refractivity contribution in [1.82, 2.24) is 4.90 Å². The first-order valence-electron chi connectivity index (χ1n) is 10.2. The number of hydrogen-bond donors (Lipinski definition) is 2. The number of nitro benzene ring substituents is 1.